The number of amides is 1. The number of benzene rings is 1. The summed E-state index contributed by atoms with van der Waals surface area (Å²) in [4.78, 5) is 12.7. The Morgan fingerprint density at radius 3 is 2.89 bits per heavy atom. The molecule has 0 spiro atoms. The fourth-order valence-corrected chi connectivity index (χ4v) is 3.18. The Morgan fingerprint density at radius 2 is 2.07 bits per heavy atom. The van der Waals surface area contributed by atoms with E-state index >= 15 is 0 Å². The van der Waals surface area contributed by atoms with E-state index in [2.05, 4.69) is 20.6 Å². The van der Waals surface area contributed by atoms with E-state index in [1.165, 1.54) is 0 Å². The van der Waals surface area contributed by atoms with E-state index in [4.69, 9.17) is 11.6 Å². The van der Waals surface area contributed by atoms with E-state index < -0.39 is 0 Å². The third-order valence-corrected chi connectivity index (χ3v) is 4.53. The molecule has 8 heteroatoms. The van der Waals surface area contributed by atoms with Crippen LogP contribution in [0.25, 0.3) is 11.3 Å². The molecule has 136 valence electrons. The van der Waals surface area contributed by atoms with Crippen LogP contribution in [-0.4, -0.2) is 30.3 Å². The summed E-state index contributed by atoms with van der Waals surface area (Å²) in [5.74, 6) is 0.465. The van der Waals surface area contributed by atoms with Crippen LogP contribution in [0.3, 0.4) is 0 Å². The topological polar surface area (TPSA) is 77.1 Å². The first-order chi connectivity index (χ1) is 13.2. The Balaban J connectivity index is 1.57. The third-order valence-electron chi connectivity index (χ3n) is 4.29. The number of pyridine rings is 1. The average molecular weight is 381 g/mol. The van der Waals surface area contributed by atoms with E-state index in [0.29, 0.717) is 22.8 Å². The number of fused-ring (bicyclic) bond motifs is 1. The largest absolute Gasteiger partial charge is 0.345 e. The third kappa shape index (κ3) is 3.29. The Kier molecular flexibility index (Phi) is 4.60. The first-order valence-corrected chi connectivity index (χ1v) is 8.95. The summed E-state index contributed by atoms with van der Waals surface area (Å²) in [7, 11) is 0. The molecule has 3 heterocycles. The van der Waals surface area contributed by atoms with Gasteiger partial charge in [0.25, 0.3) is 5.91 Å². The summed E-state index contributed by atoms with van der Waals surface area (Å²) in [6, 6.07) is 13.0. The van der Waals surface area contributed by atoms with Crippen LogP contribution in [0.1, 0.15) is 28.8 Å². The van der Waals surface area contributed by atoms with Gasteiger partial charge in [0.1, 0.15) is 0 Å². The number of nitrogens with one attached hydrogen (secondary N) is 1. The van der Waals surface area contributed by atoms with E-state index in [1.54, 1.807) is 16.9 Å². The van der Waals surface area contributed by atoms with Crippen LogP contribution in [0.15, 0.2) is 54.9 Å². The zero-order valence-electron chi connectivity index (χ0n) is 14.6. The number of hydrogen-bond acceptors (Lipinski definition) is 4. The average Bonchev–Trinajstić information content (AvgIpc) is 3.30. The smallest absolute Gasteiger partial charge is 0.255 e. The summed E-state index contributed by atoms with van der Waals surface area (Å²) >= 11 is 6.08. The van der Waals surface area contributed by atoms with Crippen LogP contribution in [0.4, 0.5) is 0 Å². The van der Waals surface area contributed by atoms with Crippen LogP contribution in [0.2, 0.25) is 5.02 Å². The van der Waals surface area contributed by atoms with Crippen molar-refractivity contribution in [3.63, 3.8) is 0 Å². The molecular formula is C19H17ClN6O. The van der Waals surface area contributed by atoms with Crippen LogP contribution in [-0.2, 0) is 13.0 Å². The van der Waals surface area contributed by atoms with Crippen molar-refractivity contribution in [2.45, 2.75) is 19.9 Å². The maximum atomic E-state index is 12.7. The quantitative estimate of drug-likeness (QED) is 0.577. The SMILES string of the molecule is CCc1c(C(=O)NCc2nnc3ccccn23)cnn1-c1cccc(Cl)c1. The van der Waals surface area contributed by atoms with Gasteiger partial charge in [0.05, 0.1) is 29.7 Å². The second kappa shape index (κ2) is 7.20. The Labute approximate surface area is 160 Å². The highest BCUT2D eigenvalue weighted by Crippen LogP contribution is 2.19. The summed E-state index contributed by atoms with van der Waals surface area (Å²) in [6.45, 7) is 2.26. The summed E-state index contributed by atoms with van der Waals surface area (Å²) in [6.07, 6.45) is 4.10. The Morgan fingerprint density at radius 1 is 1.19 bits per heavy atom. The molecule has 0 fully saturated rings. The van der Waals surface area contributed by atoms with Crippen molar-refractivity contribution < 1.29 is 4.79 Å². The summed E-state index contributed by atoms with van der Waals surface area (Å²) < 4.78 is 3.59. The van der Waals surface area contributed by atoms with Gasteiger partial charge < -0.3 is 5.32 Å². The lowest BCUT2D eigenvalue weighted by Crippen LogP contribution is -2.25. The molecule has 7 nitrogen and oxygen atoms in total. The highest BCUT2D eigenvalue weighted by Gasteiger charge is 2.18. The number of aromatic nitrogens is 5. The van der Waals surface area contributed by atoms with E-state index in [0.717, 1.165) is 17.0 Å². The highest BCUT2D eigenvalue weighted by molar-refractivity contribution is 6.30. The molecule has 0 radical (unpaired) electrons. The molecule has 1 amide bonds. The van der Waals surface area contributed by atoms with Crippen molar-refractivity contribution in [3.8, 4) is 5.69 Å². The van der Waals surface area contributed by atoms with Gasteiger partial charge >= 0.3 is 0 Å². The van der Waals surface area contributed by atoms with Crippen molar-refractivity contribution in [2.24, 2.45) is 0 Å². The monoisotopic (exact) mass is 380 g/mol. The molecule has 1 N–H and O–H groups in total. The zero-order chi connectivity index (χ0) is 18.8. The van der Waals surface area contributed by atoms with Gasteiger partial charge in [-0.25, -0.2) is 4.68 Å². The van der Waals surface area contributed by atoms with Gasteiger partial charge in [-0.1, -0.05) is 30.7 Å². The molecule has 4 rings (SSSR count). The van der Waals surface area contributed by atoms with Gasteiger partial charge in [-0.15, -0.1) is 10.2 Å². The molecule has 1 aromatic carbocycles. The standard InChI is InChI=1S/C19H17ClN6O/c1-2-16-15(11-22-26(16)14-7-5-6-13(20)10-14)19(27)21-12-18-24-23-17-8-3-4-9-25(17)18/h3-11H,2,12H2,1H3,(H,21,27). The molecule has 0 bridgehead atoms. The predicted octanol–water partition coefficient (Wildman–Crippen LogP) is 3.06. The second-order valence-electron chi connectivity index (χ2n) is 5.98. The van der Waals surface area contributed by atoms with Crippen molar-refractivity contribution in [3.05, 3.63) is 77.0 Å². The van der Waals surface area contributed by atoms with Gasteiger partial charge in [0.15, 0.2) is 11.5 Å². The lowest BCUT2D eigenvalue weighted by molar-refractivity contribution is 0.0949. The number of nitrogens with zero attached hydrogens (tertiary/aromatic N) is 5. The molecule has 0 saturated heterocycles. The molecule has 0 aliphatic carbocycles. The minimum absolute atomic E-state index is 0.201. The summed E-state index contributed by atoms with van der Waals surface area (Å²) in [5, 5.41) is 16.1. The number of hydrogen-bond donors (Lipinski definition) is 1. The lowest BCUT2D eigenvalue weighted by atomic mass is 10.2. The van der Waals surface area contributed by atoms with Crippen LogP contribution in [0, 0.1) is 0 Å². The number of carbonyl (C=O) groups excluding carboxylic acids is 1. The number of carbonyl (C=O) groups is 1. The zero-order valence-corrected chi connectivity index (χ0v) is 15.4. The number of halogens is 1. The minimum atomic E-state index is -0.201. The van der Waals surface area contributed by atoms with Gasteiger partial charge in [0, 0.05) is 11.2 Å². The number of rotatable bonds is 5. The maximum Gasteiger partial charge on any atom is 0.255 e. The Hall–Kier alpha value is -3.19. The minimum Gasteiger partial charge on any atom is -0.345 e. The molecule has 0 saturated carbocycles. The molecule has 0 aliphatic heterocycles. The van der Waals surface area contributed by atoms with E-state index in [9.17, 15) is 4.79 Å². The van der Waals surface area contributed by atoms with Gasteiger partial charge in [0.2, 0.25) is 0 Å². The summed E-state index contributed by atoms with van der Waals surface area (Å²) in [5.41, 5.74) is 2.92. The van der Waals surface area contributed by atoms with Crippen LogP contribution in [0.5, 0.6) is 0 Å². The molecule has 3 aromatic heterocycles. The molecular weight excluding hydrogens is 364 g/mol. The maximum absolute atomic E-state index is 12.7. The van der Waals surface area contributed by atoms with Crippen molar-refractivity contribution in [2.75, 3.05) is 0 Å². The van der Waals surface area contributed by atoms with Gasteiger partial charge in [-0.05, 0) is 36.8 Å². The molecule has 0 unspecified atom stereocenters. The molecule has 27 heavy (non-hydrogen) atoms. The predicted molar refractivity (Wildman–Crippen MR) is 102 cm³/mol. The van der Waals surface area contributed by atoms with Gasteiger partial charge in [-0.3, -0.25) is 9.20 Å². The van der Waals surface area contributed by atoms with Crippen LogP contribution < -0.4 is 5.32 Å². The molecule has 0 atom stereocenters. The normalized spacial score (nSPS) is 11.0. The van der Waals surface area contributed by atoms with E-state index in [1.807, 2.05) is 53.9 Å². The van der Waals surface area contributed by atoms with Crippen molar-refractivity contribution in [1.29, 1.82) is 0 Å². The molecule has 0 aliphatic rings. The molecule has 4 aromatic rings. The fourth-order valence-electron chi connectivity index (χ4n) is 3.00. The first-order valence-electron chi connectivity index (χ1n) is 8.57. The Bertz CT molecular complexity index is 1120. The van der Waals surface area contributed by atoms with Crippen molar-refractivity contribution >= 4 is 23.2 Å². The van der Waals surface area contributed by atoms with E-state index in [-0.39, 0.29) is 12.5 Å². The first kappa shape index (κ1) is 17.2. The highest BCUT2D eigenvalue weighted by atomic mass is 35.5. The van der Waals surface area contributed by atoms with Gasteiger partial charge in [-0.2, -0.15) is 5.10 Å². The van der Waals surface area contributed by atoms with Crippen molar-refractivity contribution in [1.82, 2.24) is 29.7 Å². The fraction of sp³-hybridized carbons (Fsp3) is 0.158. The van der Waals surface area contributed by atoms with Crippen LogP contribution >= 0.6 is 11.6 Å². The second-order valence-corrected chi connectivity index (χ2v) is 6.41. The lowest BCUT2D eigenvalue weighted by Gasteiger charge is -2.08.